The molecule has 2 aromatic rings. The van der Waals surface area contributed by atoms with Crippen LogP contribution in [0.2, 0.25) is 0 Å². The number of benzene rings is 1. The van der Waals surface area contributed by atoms with Crippen LogP contribution in [0.5, 0.6) is 0 Å². The zero-order chi connectivity index (χ0) is 15.1. The van der Waals surface area contributed by atoms with Gasteiger partial charge in [0.2, 0.25) is 5.91 Å². The zero-order valence-corrected chi connectivity index (χ0v) is 12.2. The number of aryl methyl sites for hydroxylation is 1. The second-order valence-corrected chi connectivity index (χ2v) is 6.38. The number of hydrogen-bond donors (Lipinski definition) is 2. The Kier molecular flexibility index (Phi) is 3.44. The molecular weight excluding hydrogens is 296 g/mol. The summed E-state index contributed by atoms with van der Waals surface area (Å²) in [6.07, 6.45) is 0. The number of carbonyl (C=O) groups excluding carboxylic acids is 1. The number of halogens is 2. The number of carbonyl (C=O) groups is 1. The summed E-state index contributed by atoms with van der Waals surface area (Å²) in [6, 6.07) is 3.35. The lowest BCUT2D eigenvalue weighted by Gasteiger charge is -2.18. The molecule has 1 aliphatic rings. The molecule has 0 spiro atoms. The number of amides is 1. The topological polar surface area (TPSA) is 57.8 Å². The summed E-state index contributed by atoms with van der Waals surface area (Å²) in [6.45, 7) is 3.52. The number of fused-ring (bicyclic) bond motifs is 1. The monoisotopic (exact) mass is 309 g/mol. The van der Waals surface area contributed by atoms with Crippen molar-refractivity contribution in [1.82, 2.24) is 10.2 Å². The first kappa shape index (κ1) is 14.1. The smallest absolute Gasteiger partial charge is 0.238 e. The van der Waals surface area contributed by atoms with E-state index in [1.807, 2.05) is 0 Å². The molecule has 1 aromatic heterocycles. The molecule has 21 heavy (non-hydrogen) atoms. The van der Waals surface area contributed by atoms with Gasteiger partial charge in [0.15, 0.2) is 5.82 Å². The number of anilines is 1. The normalized spacial score (nSPS) is 21.6. The van der Waals surface area contributed by atoms with E-state index < -0.39 is 22.1 Å². The molecule has 0 saturated carbocycles. The molecule has 1 aliphatic heterocycles. The number of aromatic nitrogens is 2. The van der Waals surface area contributed by atoms with E-state index in [1.165, 1.54) is 17.8 Å². The van der Waals surface area contributed by atoms with Gasteiger partial charge in [-0.3, -0.25) is 9.89 Å². The highest BCUT2D eigenvalue weighted by atomic mass is 32.2. The van der Waals surface area contributed by atoms with Crippen LogP contribution in [-0.2, 0) is 4.79 Å². The quantitative estimate of drug-likeness (QED) is 0.851. The Morgan fingerprint density at radius 3 is 2.86 bits per heavy atom. The van der Waals surface area contributed by atoms with Crippen molar-refractivity contribution in [2.24, 2.45) is 0 Å². The summed E-state index contributed by atoms with van der Waals surface area (Å²) >= 11 is 1.27. The predicted octanol–water partition coefficient (Wildman–Crippen LogP) is 3.16. The molecule has 0 saturated heterocycles. The Morgan fingerprint density at radius 2 is 2.10 bits per heavy atom. The van der Waals surface area contributed by atoms with Crippen molar-refractivity contribution < 1.29 is 13.6 Å². The average Bonchev–Trinajstić information content (AvgIpc) is 2.73. The Bertz CT molecular complexity index is 716. The van der Waals surface area contributed by atoms with Gasteiger partial charge in [-0.05, 0) is 32.0 Å². The van der Waals surface area contributed by atoms with Crippen LogP contribution in [0, 0.1) is 18.6 Å². The fourth-order valence-electron chi connectivity index (χ4n) is 2.35. The standard InChI is InChI=1S/C14H13F2N3OS/c1-6-11-12(9-5-8(15)3-4-10(9)16)21-7(2)14(20)17-13(11)19-18-6/h3-5,7,12H,1-2H3,(H2,17,18,19,20)/t7-,12-/m1/s1. The molecule has 0 fully saturated rings. The van der Waals surface area contributed by atoms with Crippen molar-refractivity contribution >= 4 is 23.5 Å². The second kappa shape index (κ2) is 5.14. The van der Waals surface area contributed by atoms with Crippen LogP contribution in [-0.4, -0.2) is 21.4 Å². The fourth-order valence-corrected chi connectivity index (χ4v) is 3.69. The maximum absolute atomic E-state index is 14.1. The third-order valence-corrected chi connectivity index (χ3v) is 4.83. The molecule has 1 amide bonds. The van der Waals surface area contributed by atoms with Crippen LogP contribution in [0.25, 0.3) is 0 Å². The van der Waals surface area contributed by atoms with E-state index >= 15 is 0 Å². The van der Waals surface area contributed by atoms with Gasteiger partial charge < -0.3 is 5.32 Å². The number of nitrogens with one attached hydrogen (secondary N) is 2. The summed E-state index contributed by atoms with van der Waals surface area (Å²) in [5.74, 6) is -0.831. The van der Waals surface area contributed by atoms with Crippen molar-refractivity contribution in [3.63, 3.8) is 0 Å². The summed E-state index contributed by atoms with van der Waals surface area (Å²) in [4.78, 5) is 12.0. The lowest BCUT2D eigenvalue weighted by molar-refractivity contribution is -0.115. The number of nitrogens with zero attached hydrogens (tertiary/aromatic N) is 1. The van der Waals surface area contributed by atoms with Gasteiger partial charge in [0, 0.05) is 16.8 Å². The first-order chi connectivity index (χ1) is 9.97. The molecule has 0 bridgehead atoms. The van der Waals surface area contributed by atoms with Crippen LogP contribution in [0.4, 0.5) is 14.6 Å². The van der Waals surface area contributed by atoms with Gasteiger partial charge in [-0.15, -0.1) is 11.8 Å². The van der Waals surface area contributed by atoms with Gasteiger partial charge in [0.1, 0.15) is 11.6 Å². The molecule has 2 atom stereocenters. The molecule has 1 aromatic carbocycles. The molecule has 0 radical (unpaired) electrons. The molecule has 0 aliphatic carbocycles. The van der Waals surface area contributed by atoms with Gasteiger partial charge in [0.25, 0.3) is 0 Å². The van der Waals surface area contributed by atoms with Crippen molar-refractivity contribution in [2.45, 2.75) is 24.3 Å². The van der Waals surface area contributed by atoms with E-state index in [-0.39, 0.29) is 11.5 Å². The van der Waals surface area contributed by atoms with Crippen LogP contribution >= 0.6 is 11.8 Å². The van der Waals surface area contributed by atoms with Crippen LogP contribution in [0.1, 0.15) is 29.0 Å². The summed E-state index contributed by atoms with van der Waals surface area (Å²) in [5.41, 5.74) is 1.62. The molecule has 2 N–H and O–H groups in total. The SMILES string of the molecule is Cc1[nH]nc2c1[C@@H](c1cc(F)ccc1F)S[C@H](C)C(=O)N2. The second-order valence-electron chi connectivity index (χ2n) is 4.92. The van der Waals surface area contributed by atoms with Crippen molar-refractivity contribution in [2.75, 3.05) is 5.32 Å². The minimum atomic E-state index is -0.508. The van der Waals surface area contributed by atoms with Crippen molar-refractivity contribution in [1.29, 1.82) is 0 Å². The highest BCUT2D eigenvalue weighted by molar-refractivity contribution is 8.01. The van der Waals surface area contributed by atoms with Crippen LogP contribution in [0.15, 0.2) is 18.2 Å². The molecule has 7 heteroatoms. The number of aromatic amines is 1. The lowest BCUT2D eigenvalue weighted by Crippen LogP contribution is -2.21. The van der Waals surface area contributed by atoms with Gasteiger partial charge in [0.05, 0.1) is 10.5 Å². The largest absolute Gasteiger partial charge is 0.308 e. The van der Waals surface area contributed by atoms with Gasteiger partial charge in [-0.2, -0.15) is 5.10 Å². The summed E-state index contributed by atoms with van der Waals surface area (Å²) in [5, 5.41) is 8.64. The predicted molar refractivity (Wildman–Crippen MR) is 77.2 cm³/mol. The van der Waals surface area contributed by atoms with E-state index in [4.69, 9.17) is 0 Å². The molecule has 4 nitrogen and oxygen atoms in total. The highest BCUT2D eigenvalue weighted by Crippen LogP contribution is 2.45. The van der Waals surface area contributed by atoms with Gasteiger partial charge in [-0.1, -0.05) is 0 Å². The molecule has 0 unspecified atom stereocenters. The van der Waals surface area contributed by atoms with Crippen molar-refractivity contribution in [3.8, 4) is 0 Å². The number of H-pyrrole nitrogens is 1. The average molecular weight is 309 g/mol. The van der Waals surface area contributed by atoms with Crippen LogP contribution in [0.3, 0.4) is 0 Å². The minimum absolute atomic E-state index is 0.202. The van der Waals surface area contributed by atoms with Gasteiger partial charge >= 0.3 is 0 Å². The highest BCUT2D eigenvalue weighted by Gasteiger charge is 2.33. The van der Waals surface area contributed by atoms with E-state index in [0.717, 1.165) is 17.8 Å². The van der Waals surface area contributed by atoms with E-state index in [2.05, 4.69) is 15.5 Å². The van der Waals surface area contributed by atoms with E-state index in [1.54, 1.807) is 13.8 Å². The van der Waals surface area contributed by atoms with Crippen molar-refractivity contribution in [3.05, 3.63) is 46.7 Å². The molecule has 110 valence electrons. The first-order valence-electron chi connectivity index (χ1n) is 6.43. The van der Waals surface area contributed by atoms with E-state index in [0.29, 0.717) is 11.4 Å². The Morgan fingerprint density at radius 1 is 1.33 bits per heavy atom. The Labute approximate surface area is 124 Å². The first-order valence-corrected chi connectivity index (χ1v) is 7.37. The third kappa shape index (κ3) is 2.42. The van der Waals surface area contributed by atoms with E-state index in [9.17, 15) is 13.6 Å². The molecule has 2 heterocycles. The zero-order valence-electron chi connectivity index (χ0n) is 11.4. The summed E-state index contributed by atoms with van der Waals surface area (Å²) in [7, 11) is 0. The number of hydrogen-bond acceptors (Lipinski definition) is 3. The number of rotatable bonds is 1. The Balaban J connectivity index is 2.18. The summed E-state index contributed by atoms with van der Waals surface area (Å²) < 4.78 is 27.6. The van der Waals surface area contributed by atoms with Gasteiger partial charge in [-0.25, -0.2) is 8.78 Å². The third-order valence-electron chi connectivity index (χ3n) is 3.45. The maximum Gasteiger partial charge on any atom is 0.238 e. The molecule has 3 rings (SSSR count). The lowest BCUT2D eigenvalue weighted by atomic mass is 10.0. The van der Waals surface area contributed by atoms with Crippen LogP contribution < -0.4 is 5.32 Å². The Hall–Kier alpha value is -1.89. The maximum atomic E-state index is 14.1. The fraction of sp³-hybridized carbons (Fsp3) is 0.286. The molecular formula is C14H13F2N3OS. The minimum Gasteiger partial charge on any atom is -0.308 e. The number of thioether (sulfide) groups is 1.